The lowest BCUT2D eigenvalue weighted by molar-refractivity contribution is -0.121. The van der Waals surface area contributed by atoms with Crippen LogP contribution in [-0.2, 0) is 4.79 Å². The molecule has 4 nitrogen and oxygen atoms in total. The summed E-state index contributed by atoms with van der Waals surface area (Å²) in [6.45, 7) is 7.44. The summed E-state index contributed by atoms with van der Waals surface area (Å²) in [6.07, 6.45) is 0. The van der Waals surface area contributed by atoms with E-state index in [2.05, 4.69) is 16.4 Å². The monoisotopic (exact) mass is 333 g/mol. The largest absolute Gasteiger partial charge is 0.337 e. The summed E-state index contributed by atoms with van der Waals surface area (Å²) >= 11 is 3.01. The Labute approximate surface area is 138 Å². The number of para-hydroxylation sites is 1. The number of thiazole rings is 1. The third-order valence-electron chi connectivity index (χ3n) is 3.69. The number of amides is 1. The zero-order valence-electron chi connectivity index (χ0n) is 13.1. The molecule has 1 amide bonds. The Kier molecular flexibility index (Phi) is 5.09. The van der Waals surface area contributed by atoms with Crippen molar-refractivity contribution in [2.45, 2.75) is 42.8 Å². The lowest BCUT2D eigenvalue weighted by Gasteiger charge is -2.28. The number of nitriles is 1. The van der Waals surface area contributed by atoms with Crippen molar-refractivity contribution >= 4 is 39.2 Å². The molecule has 0 unspecified atom stereocenters. The first kappa shape index (κ1) is 16.8. The molecule has 2 rings (SSSR count). The predicted molar refractivity (Wildman–Crippen MR) is 91.9 cm³/mol. The van der Waals surface area contributed by atoms with Crippen molar-refractivity contribution in [3.63, 3.8) is 0 Å². The molecule has 0 aliphatic heterocycles. The molecule has 6 heteroatoms. The van der Waals surface area contributed by atoms with Crippen LogP contribution in [0.25, 0.3) is 10.2 Å². The van der Waals surface area contributed by atoms with E-state index in [0.717, 1.165) is 14.6 Å². The molecule has 0 bridgehead atoms. The van der Waals surface area contributed by atoms with Crippen LogP contribution in [0, 0.1) is 17.2 Å². The fourth-order valence-electron chi connectivity index (χ4n) is 1.77. The molecule has 1 N–H and O–H groups in total. The van der Waals surface area contributed by atoms with E-state index in [1.54, 1.807) is 18.3 Å². The predicted octanol–water partition coefficient (Wildman–Crippen LogP) is 3.83. The average Bonchev–Trinajstić information content (AvgIpc) is 2.88. The SMILES string of the molecule is CC(C)[C@](C)(C#N)NC(=O)[C@@H](C)Sc1nc2ccccc2s1. The lowest BCUT2D eigenvalue weighted by Crippen LogP contribution is -2.51. The highest BCUT2D eigenvalue weighted by Gasteiger charge is 2.32. The van der Waals surface area contributed by atoms with Gasteiger partial charge < -0.3 is 5.32 Å². The van der Waals surface area contributed by atoms with Crippen molar-refractivity contribution in [2.24, 2.45) is 5.92 Å². The first-order valence-electron chi connectivity index (χ1n) is 7.11. The Morgan fingerprint density at radius 2 is 2.09 bits per heavy atom. The van der Waals surface area contributed by atoms with E-state index in [1.807, 2.05) is 45.0 Å². The average molecular weight is 333 g/mol. The van der Waals surface area contributed by atoms with E-state index in [4.69, 9.17) is 0 Å². The minimum absolute atomic E-state index is 0.0427. The molecule has 2 aromatic rings. The van der Waals surface area contributed by atoms with Gasteiger partial charge in [-0.15, -0.1) is 11.3 Å². The maximum absolute atomic E-state index is 12.3. The van der Waals surface area contributed by atoms with Gasteiger partial charge in [-0.2, -0.15) is 5.26 Å². The van der Waals surface area contributed by atoms with Crippen LogP contribution in [0.2, 0.25) is 0 Å². The highest BCUT2D eigenvalue weighted by atomic mass is 32.2. The van der Waals surface area contributed by atoms with Crippen molar-refractivity contribution in [3.05, 3.63) is 24.3 Å². The molecule has 0 saturated heterocycles. The lowest BCUT2D eigenvalue weighted by atomic mass is 9.90. The number of nitrogens with zero attached hydrogens (tertiary/aromatic N) is 2. The van der Waals surface area contributed by atoms with Crippen LogP contribution in [0.1, 0.15) is 27.7 Å². The summed E-state index contributed by atoms with van der Waals surface area (Å²) in [7, 11) is 0. The van der Waals surface area contributed by atoms with Crippen LogP contribution in [0.3, 0.4) is 0 Å². The van der Waals surface area contributed by atoms with Crippen LogP contribution in [0.5, 0.6) is 0 Å². The van der Waals surface area contributed by atoms with Crippen LogP contribution in [0.15, 0.2) is 28.6 Å². The van der Waals surface area contributed by atoms with Crippen molar-refractivity contribution in [2.75, 3.05) is 0 Å². The van der Waals surface area contributed by atoms with Gasteiger partial charge in [-0.25, -0.2) is 4.98 Å². The molecule has 0 spiro atoms. The number of thioether (sulfide) groups is 1. The fraction of sp³-hybridized carbons (Fsp3) is 0.438. The van der Waals surface area contributed by atoms with Crippen LogP contribution in [0.4, 0.5) is 0 Å². The standard InChI is InChI=1S/C16H19N3OS2/c1-10(2)16(4,9-17)19-14(20)11(3)21-15-18-12-7-5-6-8-13(12)22-15/h5-8,10-11H,1-4H3,(H,19,20)/t11-,16+/m1/s1. The maximum atomic E-state index is 12.3. The van der Waals surface area contributed by atoms with E-state index >= 15 is 0 Å². The quantitative estimate of drug-likeness (QED) is 0.845. The summed E-state index contributed by atoms with van der Waals surface area (Å²) in [5.41, 5.74) is 0.103. The molecule has 2 atom stereocenters. The first-order chi connectivity index (χ1) is 10.4. The van der Waals surface area contributed by atoms with Gasteiger partial charge in [0.25, 0.3) is 0 Å². The van der Waals surface area contributed by atoms with Gasteiger partial charge >= 0.3 is 0 Å². The number of carbonyl (C=O) groups excluding carboxylic acids is 1. The zero-order valence-corrected chi connectivity index (χ0v) is 14.7. The number of benzene rings is 1. The molecule has 1 aromatic heterocycles. The molecular formula is C16H19N3OS2. The van der Waals surface area contributed by atoms with Gasteiger partial charge in [0.2, 0.25) is 5.91 Å². The molecule has 1 heterocycles. The molecule has 1 aromatic carbocycles. The molecular weight excluding hydrogens is 314 g/mol. The third-order valence-corrected chi connectivity index (χ3v) is 5.92. The normalized spacial score (nSPS) is 15.3. The molecule has 0 aliphatic carbocycles. The van der Waals surface area contributed by atoms with E-state index < -0.39 is 5.54 Å². The Morgan fingerprint density at radius 1 is 1.41 bits per heavy atom. The number of fused-ring (bicyclic) bond motifs is 1. The molecule has 0 radical (unpaired) electrons. The van der Waals surface area contributed by atoms with Crippen molar-refractivity contribution in [3.8, 4) is 6.07 Å². The Balaban J connectivity index is 2.07. The minimum Gasteiger partial charge on any atom is -0.337 e. The number of rotatable bonds is 5. The number of nitrogens with one attached hydrogen (secondary N) is 1. The van der Waals surface area contributed by atoms with Crippen molar-refractivity contribution in [1.29, 1.82) is 5.26 Å². The van der Waals surface area contributed by atoms with Gasteiger partial charge in [0.05, 0.1) is 21.5 Å². The maximum Gasteiger partial charge on any atom is 0.234 e. The zero-order chi connectivity index (χ0) is 16.3. The number of aromatic nitrogens is 1. The van der Waals surface area contributed by atoms with E-state index in [9.17, 15) is 10.1 Å². The molecule has 0 saturated carbocycles. The summed E-state index contributed by atoms with van der Waals surface area (Å²) in [4.78, 5) is 16.9. The van der Waals surface area contributed by atoms with E-state index in [0.29, 0.717) is 0 Å². The highest BCUT2D eigenvalue weighted by Crippen LogP contribution is 2.32. The van der Waals surface area contributed by atoms with Crippen LogP contribution < -0.4 is 5.32 Å². The van der Waals surface area contributed by atoms with Gasteiger partial charge in [0.15, 0.2) is 4.34 Å². The highest BCUT2D eigenvalue weighted by molar-refractivity contribution is 8.02. The fourth-order valence-corrected chi connectivity index (χ4v) is 3.98. The van der Waals surface area contributed by atoms with Crippen molar-refractivity contribution < 1.29 is 4.79 Å². The smallest absolute Gasteiger partial charge is 0.234 e. The van der Waals surface area contributed by atoms with Crippen LogP contribution >= 0.6 is 23.1 Å². The van der Waals surface area contributed by atoms with Crippen LogP contribution in [-0.4, -0.2) is 21.7 Å². The Morgan fingerprint density at radius 3 is 2.68 bits per heavy atom. The van der Waals surface area contributed by atoms with E-state index in [1.165, 1.54) is 11.8 Å². The first-order valence-corrected chi connectivity index (χ1v) is 8.81. The summed E-state index contributed by atoms with van der Waals surface area (Å²) < 4.78 is 1.98. The van der Waals surface area contributed by atoms with Gasteiger partial charge in [0, 0.05) is 0 Å². The number of hydrogen-bond donors (Lipinski definition) is 1. The van der Waals surface area contributed by atoms with Gasteiger partial charge in [-0.1, -0.05) is 37.7 Å². The minimum atomic E-state index is -0.848. The molecule has 116 valence electrons. The Bertz CT molecular complexity index is 686. The second-order valence-corrected chi connectivity index (χ2v) is 8.28. The van der Waals surface area contributed by atoms with Crippen molar-refractivity contribution in [1.82, 2.24) is 10.3 Å². The second-order valence-electron chi connectivity index (χ2n) is 5.67. The number of carbonyl (C=O) groups is 1. The molecule has 22 heavy (non-hydrogen) atoms. The summed E-state index contributed by atoms with van der Waals surface area (Å²) in [5.74, 6) is -0.0943. The third kappa shape index (κ3) is 3.60. The number of hydrogen-bond acceptors (Lipinski definition) is 5. The summed E-state index contributed by atoms with van der Waals surface area (Å²) in [5, 5.41) is 11.8. The second kappa shape index (κ2) is 6.67. The van der Waals surface area contributed by atoms with E-state index in [-0.39, 0.29) is 17.1 Å². The topological polar surface area (TPSA) is 65.8 Å². The Hall–Kier alpha value is -1.58. The molecule has 0 fully saturated rings. The van der Waals surface area contributed by atoms with Gasteiger partial charge in [-0.3, -0.25) is 4.79 Å². The molecule has 0 aliphatic rings. The van der Waals surface area contributed by atoms with Gasteiger partial charge in [0.1, 0.15) is 5.54 Å². The summed E-state index contributed by atoms with van der Waals surface area (Å²) in [6, 6.07) is 10.1. The van der Waals surface area contributed by atoms with Gasteiger partial charge in [-0.05, 0) is 31.9 Å².